The Morgan fingerprint density at radius 2 is 1.91 bits per heavy atom. The van der Waals surface area contributed by atoms with Gasteiger partial charge in [0.2, 0.25) is 5.88 Å². The Balaban J connectivity index is 1.12. The van der Waals surface area contributed by atoms with Crippen LogP contribution in [0.1, 0.15) is 43.2 Å². The summed E-state index contributed by atoms with van der Waals surface area (Å²) >= 11 is 0. The Morgan fingerprint density at radius 1 is 1.13 bits per heavy atom. The molecule has 3 aliphatic heterocycles. The fraction of sp³-hybridized carbons (Fsp3) is 0.485. The van der Waals surface area contributed by atoms with Gasteiger partial charge in [-0.3, -0.25) is 9.69 Å². The fourth-order valence-corrected chi connectivity index (χ4v) is 6.27. The number of carbonyl (C=O) groups is 1. The van der Waals surface area contributed by atoms with Gasteiger partial charge in [0.1, 0.15) is 35.9 Å². The summed E-state index contributed by atoms with van der Waals surface area (Å²) in [5.41, 5.74) is 2.19. The van der Waals surface area contributed by atoms with E-state index in [0.29, 0.717) is 40.7 Å². The summed E-state index contributed by atoms with van der Waals surface area (Å²) in [5, 5.41) is 22.5. The van der Waals surface area contributed by atoms with Gasteiger partial charge in [0.15, 0.2) is 6.10 Å². The van der Waals surface area contributed by atoms with Gasteiger partial charge in [-0.15, -0.1) is 0 Å². The molecule has 1 aromatic carbocycles. The van der Waals surface area contributed by atoms with E-state index in [9.17, 15) is 23.9 Å². The number of aromatic nitrogens is 3. The van der Waals surface area contributed by atoms with Gasteiger partial charge in [0, 0.05) is 30.2 Å². The van der Waals surface area contributed by atoms with E-state index >= 15 is 0 Å². The predicted molar refractivity (Wildman–Crippen MR) is 167 cm³/mol. The van der Waals surface area contributed by atoms with E-state index in [0.717, 1.165) is 49.6 Å². The van der Waals surface area contributed by atoms with Gasteiger partial charge in [-0.1, -0.05) is 0 Å². The maximum Gasteiger partial charge on any atom is 0.301 e. The van der Waals surface area contributed by atoms with Crippen molar-refractivity contribution in [2.45, 2.75) is 56.3 Å². The molecule has 0 bridgehead atoms. The van der Waals surface area contributed by atoms with Crippen LogP contribution < -0.4 is 14.8 Å². The number of pyridine rings is 1. The van der Waals surface area contributed by atoms with Crippen LogP contribution in [-0.4, -0.2) is 106 Å². The van der Waals surface area contributed by atoms with Crippen molar-refractivity contribution in [3.05, 3.63) is 53.9 Å². The number of halogens is 2. The van der Waals surface area contributed by atoms with E-state index in [1.54, 1.807) is 19.2 Å². The zero-order valence-corrected chi connectivity index (χ0v) is 26.2. The number of nitrogens with one attached hydrogen (secondary N) is 1. The van der Waals surface area contributed by atoms with Crippen LogP contribution in [0.3, 0.4) is 0 Å². The van der Waals surface area contributed by atoms with Crippen LogP contribution in [-0.2, 0) is 9.53 Å². The number of piperidine rings is 2. The first-order valence-corrected chi connectivity index (χ1v) is 15.7. The highest BCUT2D eigenvalue weighted by Gasteiger charge is 2.48. The minimum atomic E-state index is -3.38. The Labute approximate surface area is 271 Å². The number of likely N-dealkylation sites (tertiary alicyclic amines) is 2. The summed E-state index contributed by atoms with van der Waals surface area (Å²) in [4.78, 5) is 28.8. The maximum absolute atomic E-state index is 14.9. The number of hydrogen-bond acceptors (Lipinski definition) is 11. The molecule has 3 aliphatic rings. The molecule has 0 aliphatic carbocycles. The van der Waals surface area contributed by atoms with Gasteiger partial charge >= 0.3 is 5.92 Å². The molecule has 3 aromatic rings. The first kappa shape index (κ1) is 32.5. The molecule has 5 heterocycles. The van der Waals surface area contributed by atoms with Crippen LogP contribution in [0.2, 0.25) is 0 Å². The van der Waals surface area contributed by atoms with Gasteiger partial charge in [0.25, 0.3) is 5.91 Å². The predicted octanol–water partition coefficient (Wildman–Crippen LogP) is 3.74. The molecule has 3 saturated heterocycles. The van der Waals surface area contributed by atoms with Crippen molar-refractivity contribution in [2.24, 2.45) is 0 Å². The molecular formula is C33H37F2N7O5. The van der Waals surface area contributed by atoms with Gasteiger partial charge in [0.05, 0.1) is 44.2 Å². The molecule has 3 fully saturated rings. The first-order valence-electron chi connectivity index (χ1n) is 15.7. The molecule has 0 spiro atoms. The fourth-order valence-electron chi connectivity index (χ4n) is 6.27. The average Bonchev–Trinajstić information content (AvgIpc) is 3.05. The Morgan fingerprint density at radius 3 is 2.57 bits per heavy atom. The standard InChI is InChI=1S/C33H37F2N7O5/c1-20(43)32(44)42-12-9-28(33(34,35)18-42)47-27-5-3-22(13-23(27)15-36)26-14-30(38-19-37-26)39-29-6-4-25(31(40-29)45-2)21-7-10-41(11-8-21)24-16-46-17-24/h3-6,13-14,19-21,24,28,43H,7-12,16-18H2,1-2H3,(H,37,38,39,40). The molecule has 0 radical (unpaired) electrons. The number of nitriles is 1. The number of aliphatic hydroxyl groups excluding tert-OH is 1. The van der Waals surface area contributed by atoms with Crippen LogP contribution in [0.5, 0.6) is 11.6 Å². The molecular weight excluding hydrogens is 612 g/mol. The summed E-state index contributed by atoms with van der Waals surface area (Å²) < 4.78 is 46.5. The van der Waals surface area contributed by atoms with E-state index < -0.39 is 30.6 Å². The highest BCUT2D eigenvalue weighted by molar-refractivity contribution is 5.80. The second-order valence-corrected chi connectivity index (χ2v) is 12.1. The lowest BCUT2D eigenvalue weighted by molar-refractivity contribution is -0.165. The molecule has 6 rings (SSSR count). The van der Waals surface area contributed by atoms with Crippen molar-refractivity contribution in [3.8, 4) is 29.0 Å². The number of rotatable bonds is 9. The summed E-state index contributed by atoms with van der Waals surface area (Å²) in [6.07, 6.45) is 0.358. The minimum absolute atomic E-state index is 0.0000222. The van der Waals surface area contributed by atoms with Crippen LogP contribution in [0.25, 0.3) is 11.3 Å². The number of methoxy groups -OCH3 is 1. The molecule has 248 valence electrons. The number of anilines is 2. The van der Waals surface area contributed by atoms with Crippen molar-refractivity contribution >= 4 is 17.5 Å². The van der Waals surface area contributed by atoms with Crippen molar-refractivity contribution in [3.63, 3.8) is 0 Å². The lowest BCUT2D eigenvalue weighted by Crippen LogP contribution is -2.56. The maximum atomic E-state index is 14.9. The first-order chi connectivity index (χ1) is 22.6. The zero-order valence-electron chi connectivity index (χ0n) is 26.2. The van der Waals surface area contributed by atoms with Crippen LogP contribution >= 0.6 is 0 Å². The number of hydrogen-bond donors (Lipinski definition) is 2. The number of ether oxygens (including phenoxy) is 3. The number of amides is 1. The van der Waals surface area contributed by atoms with Crippen molar-refractivity contribution in [2.75, 3.05) is 51.8 Å². The molecule has 12 nitrogen and oxygen atoms in total. The average molecular weight is 650 g/mol. The quantitative estimate of drug-likeness (QED) is 0.350. The van der Waals surface area contributed by atoms with Crippen LogP contribution in [0, 0.1) is 11.3 Å². The van der Waals surface area contributed by atoms with Gasteiger partial charge < -0.3 is 29.5 Å². The second-order valence-electron chi connectivity index (χ2n) is 12.1. The summed E-state index contributed by atoms with van der Waals surface area (Å²) in [6, 6.07) is 12.8. The molecule has 0 saturated carbocycles. The SMILES string of the molecule is COc1nc(Nc2cc(-c3ccc(OC4CCN(C(=O)C(C)O)CC4(F)F)c(C#N)c3)ncn2)ccc1C1CCN(C2COC2)CC1. The van der Waals surface area contributed by atoms with E-state index in [4.69, 9.17) is 19.2 Å². The zero-order chi connectivity index (χ0) is 33.1. The monoisotopic (exact) mass is 649 g/mol. The molecule has 2 N–H and O–H groups in total. The van der Waals surface area contributed by atoms with E-state index in [1.165, 1.54) is 25.4 Å². The highest BCUT2D eigenvalue weighted by atomic mass is 19.3. The Bertz CT molecular complexity index is 1640. The molecule has 1 amide bonds. The van der Waals surface area contributed by atoms with E-state index in [-0.39, 0.29) is 24.3 Å². The van der Waals surface area contributed by atoms with Gasteiger partial charge in [-0.2, -0.15) is 10.2 Å². The van der Waals surface area contributed by atoms with E-state index in [2.05, 4.69) is 20.2 Å². The minimum Gasteiger partial charge on any atom is -0.483 e. The third-order valence-electron chi connectivity index (χ3n) is 8.98. The number of nitrogens with zero attached hydrogens (tertiary/aromatic N) is 6. The van der Waals surface area contributed by atoms with Crippen molar-refractivity contribution < 1.29 is 32.9 Å². The smallest absolute Gasteiger partial charge is 0.301 e. The molecule has 47 heavy (non-hydrogen) atoms. The molecule has 2 unspecified atom stereocenters. The number of aliphatic hydroxyl groups is 1. The van der Waals surface area contributed by atoms with Crippen molar-refractivity contribution in [1.82, 2.24) is 24.8 Å². The Hall–Kier alpha value is -4.45. The summed E-state index contributed by atoms with van der Waals surface area (Å²) in [6.45, 7) is 4.04. The number of carbonyl (C=O) groups excluding carboxylic acids is 1. The molecule has 14 heteroatoms. The summed E-state index contributed by atoms with van der Waals surface area (Å²) in [7, 11) is 1.61. The topological polar surface area (TPSA) is 146 Å². The lowest BCUT2D eigenvalue weighted by atomic mass is 9.89. The van der Waals surface area contributed by atoms with Crippen LogP contribution in [0.4, 0.5) is 20.4 Å². The van der Waals surface area contributed by atoms with Gasteiger partial charge in [-0.25, -0.2) is 18.7 Å². The number of alkyl halides is 2. The molecule has 2 aromatic heterocycles. The van der Waals surface area contributed by atoms with Crippen LogP contribution in [0.15, 0.2) is 42.7 Å². The third kappa shape index (κ3) is 7.12. The van der Waals surface area contributed by atoms with Gasteiger partial charge in [-0.05, 0) is 69.1 Å². The molecule has 2 atom stereocenters. The number of benzene rings is 1. The Kier molecular flexibility index (Phi) is 9.49. The normalized spacial score (nSPS) is 20.9. The lowest BCUT2D eigenvalue weighted by Gasteiger charge is -2.41. The highest BCUT2D eigenvalue weighted by Crippen LogP contribution is 2.36. The largest absolute Gasteiger partial charge is 0.483 e. The van der Waals surface area contributed by atoms with E-state index in [1.807, 2.05) is 18.2 Å². The second kappa shape index (κ2) is 13.7. The van der Waals surface area contributed by atoms with Crippen molar-refractivity contribution in [1.29, 1.82) is 5.26 Å². The summed E-state index contributed by atoms with van der Waals surface area (Å²) in [5.74, 6) is -2.21. The third-order valence-corrected chi connectivity index (χ3v) is 8.98.